The molecule has 1 unspecified atom stereocenters. The minimum Gasteiger partial charge on any atom is -0.435 e. The molecular weight excluding hydrogens is 514 g/mol. The van der Waals surface area contributed by atoms with Crippen LogP contribution in [0.15, 0.2) is 29.3 Å². The van der Waals surface area contributed by atoms with Crippen molar-refractivity contribution in [3.05, 3.63) is 29.8 Å². The number of aliphatic hydroxyl groups is 1. The third-order valence-electron chi connectivity index (χ3n) is 3.49. The normalized spacial score (nSPS) is 13.2. The predicted octanol–water partition coefficient (Wildman–Crippen LogP) is 2.99. The molecule has 1 aromatic rings. The summed E-state index contributed by atoms with van der Waals surface area (Å²) in [7, 11) is 1.37. The fourth-order valence-electron chi connectivity index (χ4n) is 2.25. The molecule has 0 amide bonds. The Balaban J connectivity index is 0.00000784. The van der Waals surface area contributed by atoms with E-state index < -0.39 is 25.4 Å². The summed E-state index contributed by atoms with van der Waals surface area (Å²) in [6.45, 7) is -1.23. The second-order valence-corrected chi connectivity index (χ2v) is 5.96. The van der Waals surface area contributed by atoms with Crippen LogP contribution in [0, 0.1) is 0 Å². The number of rotatable bonds is 10. The number of guanidine groups is 1. The Labute approximate surface area is 183 Å². The first-order chi connectivity index (χ1) is 13.1. The molecular formula is C17H26F5IN4O2. The minimum absolute atomic E-state index is 0. The summed E-state index contributed by atoms with van der Waals surface area (Å²) in [5.74, 6) is 0.326. The third kappa shape index (κ3) is 12.7. The van der Waals surface area contributed by atoms with Crippen LogP contribution in [0.4, 0.5) is 22.0 Å². The maximum atomic E-state index is 12.3. The van der Waals surface area contributed by atoms with E-state index in [9.17, 15) is 27.1 Å². The van der Waals surface area contributed by atoms with E-state index in [1.807, 2.05) is 6.92 Å². The Hall–Kier alpha value is -1.41. The molecule has 3 N–H and O–H groups in total. The lowest BCUT2D eigenvalue weighted by atomic mass is 10.1. The van der Waals surface area contributed by atoms with Crippen LogP contribution in [-0.4, -0.2) is 68.5 Å². The van der Waals surface area contributed by atoms with Crippen molar-refractivity contribution < 1.29 is 31.8 Å². The first-order valence-corrected chi connectivity index (χ1v) is 8.61. The standard InChI is InChI=1S/C17H25F5N4O2.HI/c1-3-23-16(24-8-9-26(2)11-17(20,21)22)25-10-14(27)12-4-6-13(7-5-12)28-15(18)19;/h4-7,14-15,27H,3,8-11H2,1-2H3,(H2,23,24,25);1H. The number of nitrogens with zero attached hydrogens (tertiary/aromatic N) is 2. The Morgan fingerprint density at radius 3 is 2.34 bits per heavy atom. The minimum atomic E-state index is -4.26. The van der Waals surface area contributed by atoms with E-state index >= 15 is 0 Å². The van der Waals surface area contributed by atoms with Gasteiger partial charge in [-0.05, 0) is 31.7 Å². The number of hydrogen-bond donors (Lipinski definition) is 3. The highest BCUT2D eigenvalue weighted by Crippen LogP contribution is 2.19. The number of halogens is 6. The van der Waals surface area contributed by atoms with E-state index in [0.29, 0.717) is 18.1 Å². The van der Waals surface area contributed by atoms with Gasteiger partial charge in [0.25, 0.3) is 0 Å². The van der Waals surface area contributed by atoms with Crippen LogP contribution < -0.4 is 15.4 Å². The predicted molar refractivity (Wildman–Crippen MR) is 111 cm³/mol. The summed E-state index contributed by atoms with van der Waals surface area (Å²) in [5.41, 5.74) is 0.464. The molecule has 0 radical (unpaired) electrons. The molecule has 29 heavy (non-hydrogen) atoms. The lowest BCUT2D eigenvalue weighted by Gasteiger charge is -2.19. The highest BCUT2D eigenvalue weighted by atomic mass is 127. The van der Waals surface area contributed by atoms with Gasteiger partial charge in [0.05, 0.1) is 19.2 Å². The van der Waals surface area contributed by atoms with E-state index in [4.69, 9.17) is 0 Å². The Kier molecular flexibility index (Phi) is 13.1. The highest BCUT2D eigenvalue weighted by Gasteiger charge is 2.28. The molecule has 1 rings (SSSR count). The molecule has 6 nitrogen and oxygen atoms in total. The van der Waals surface area contributed by atoms with Gasteiger partial charge in [0.15, 0.2) is 5.96 Å². The zero-order valence-corrected chi connectivity index (χ0v) is 18.4. The van der Waals surface area contributed by atoms with Gasteiger partial charge in [-0.3, -0.25) is 9.89 Å². The fraction of sp³-hybridized carbons (Fsp3) is 0.588. The Morgan fingerprint density at radius 2 is 1.83 bits per heavy atom. The van der Waals surface area contributed by atoms with Gasteiger partial charge in [-0.15, -0.1) is 24.0 Å². The zero-order chi connectivity index (χ0) is 21.2. The number of aliphatic imine (C=N–C) groups is 1. The molecule has 0 aromatic heterocycles. The largest absolute Gasteiger partial charge is 0.435 e. The first kappa shape index (κ1) is 27.6. The van der Waals surface area contributed by atoms with Gasteiger partial charge in [0.1, 0.15) is 5.75 Å². The number of alkyl halides is 5. The van der Waals surface area contributed by atoms with Gasteiger partial charge in [-0.1, -0.05) is 12.1 Å². The second-order valence-electron chi connectivity index (χ2n) is 5.96. The lowest BCUT2D eigenvalue weighted by molar-refractivity contribution is -0.142. The van der Waals surface area contributed by atoms with Gasteiger partial charge in [-0.25, -0.2) is 0 Å². The molecule has 0 saturated heterocycles. The van der Waals surface area contributed by atoms with Crippen LogP contribution in [0.5, 0.6) is 5.75 Å². The maximum Gasteiger partial charge on any atom is 0.401 e. The number of aliphatic hydroxyl groups excluding tert-OH is 1. The summed E-state index contributed by atoms with van der Waals surface area (Å²) in [6.07, 6.45) is -5.24. The quantitative estimate of drug-likeness (QED) is 0.184. The monoisotopic (exact) mass is 540 g/mol. The number of likely N-dealkylation sites (N-methyl/N-ethyl adjacent to an activating group) is 1. The third-order valence-corrected chi connectivity index (χ3v) is 3.49. The van der Waals surface area contributed by atoms with Crippen molar-refractivity contribution in [2.75, 3.05) is 39.8 Å². The Bertz CT molecular complexity index is 602. The molecule has 0 fully saturated rings. The van der Waals surface area contributed by atoms with Gasteiger partial charge in [0.2, 0.25) is 0 Å². The Morgan fingerprint density at radius 1 is 1.21 bits per heavy atom. The van der Waals surface area contributed by atoms with Gasteiger partial charge >= 0.3 is 12.8 Å². The number of hydrogen-bond acceptors (Lipinski definition) is 4. The van der Waals surface area contributed by atoms with Gasteiger partial charge < -0.3 is 20.5 Å². The average molecular weight is 540 g/mol. The zero-order valence-electron chi connectivity index (χ0n) is 16.0. The van der Waals surface area contributed by atoms with Crippen LogP contribution in [0.3, 0.4) is 0 Å². The summed E-state index contributed by atoms with van der Waals surface area (Å²) >= 11 is 0. The molecule has 1 aromatic carbocycles. The van der Waals surface area contributed by atoms with Crippen LogP contribution >= 0.6 is 24.0 Å². The maximum absolute atomic E-state index is 12.3. The fourth-order valence-corrected chi connectivity index (χ4v) is 2.25. The van der Waals surface area contributed by atoms with Crippen molar-refractivity contribution >= 4 is 29.9 Å². The van der Waals surface area contributed by atoms with Crippen molar-refractivity contribution in [1.29, 1.82) is 0 Å². The number of ether oxygens (including phenoxy) is 1. The highest BCUT2D eigenvalue weighted by molar-refractivity contribution is 14.0. The molecule has 0 aliphatic rings. The van der Waals surface area contributed by atoms with Crippen LogP contribution in [0.2, 0.25) is 0 Å². The summed E-state index contributed by atoms with van der Waals surface area (Å²) < 4.78 is 65.4. The average Bonchev–Trinajstić information content (AvgIpc) is 2.58. The van der Waals surface area contributed by atoms with E-state index in [0.717, 1.165) is 4.90 Å². The van der Waals surface area contributed by atoms with Crippen molar-refractivity contribution in [1.82, 2.24) is 15.5 Å². The van der Waals surface area contributed by atoms with E-state index in [2.05, 4.69) is 20.4 Å². The summed E-state index contributed by atoms with van der Waals surface area (Å²) in [4.78, 5) is 5.32. The van der Waals surface area contributed by atoms with Crippen LogP contribution in [0.25, 0.3) is 0 Å². The molecule has 12 heteroatoms. The first-order valence-electron chi connectivity index (χ1n) is 8.61. The topological polar surface area (TPSA) is 69.1 Å². The summed E-state index contributed by atoms with van der Waals surface area (Å²) in [5, 5.41) is 16.0. The molecule has 0 saturated carbocycles. The van der Waals surface area contributed by atoms with Crippen molar-refractivity contribution in [3.8, 4) is 5.75 Å². The second kappa shape index (κ2) is 13.7. The van der Waals surface area contributed by atoms with E-state index in [1.165, 1.54) is 31.3 Å². The van der Waals surface area contributed by atoms with Crippen molar-refractivity contribution in [2.45, 2.75) is 25.8 Å². The number of benzene rings is 1. The smallest absolute Gasteiger partial charge is 0.401 e. The molecule has 0 aliphatic heterocycles. The molecule has 0 heterocycles. The van der Waals surface area contributed by atoms with Crippen LogP contribution in [-0.2, 0) is 0 Å². The molecule has 0 spiro atoms. The van der Waals surface area contributed by atoms with Gasteiger partial charge in [-0.2, -0.15) is 22.0 Å². The van der Waals surface area contributed by atoms with Crippen molar-refractivity contribution in [2.24, 2.45) is 4.99 Å². The van der Waals surface area contributed by atoms with Crippen molar-refractivity contribution in [3.63, 3.8) is 0 Å². The molecule has 1 atom stereocenters. The molecule has 0 aliphatic carbocycles. The van der Waals surface area contributed by atoms with E-state index in [1.54, 1.807) is 0 Å². The lowest BCUT2D eigenvalue weighted by Crippen LogP contribution is -2.42. The SMILES string of the molecule is CCNC(=NCC(O)c1ccc(OC(F)F)cc1)NCCN(C)CC(F)(F)F.I. The van der Waals surface area contributed by atoms with Crippen LogP contribution in [0.1, 0.15) is 18.6 Å². The molecule has 168 valence electrons. The summed E-state index contributed by atoms with van der Waals surface area (Å²) in [6, 6.07) is 5.53. The van der Waals surface area contributed by atoms with Gasteiger partial charge in [0, 0.05) is 19.6 Å². The molecule has 0 bridgehead atoms. The van der Waals surface area contributed by atoms with E-state index in [-0.39, 0.29) is 49.4 Å². The number of nitrogens with one attached hydrogen (secondary N) is 2.